The molecule has 4 rings (SSSR count). The predicted octanol–water partition coefficient (Wildman–Crippen LogP) is 3.55. The second kappa shape index (κ2) is 6.75. The lowest BCUT2D eigenvalue weighted by molar-refractivity contribution is -0.118. The normalized spacial score (nSPS) is 12.5. The summed E-state index contributed by atoms with van der Waals surface area (Å²) in [6.07, 6.45) is 0.907. The van der Waals surface area contributed by atoms with Crippen LogP contribution in [0.15, 0.2) is 57.7 Å². The summed E-state index contributed by atoms with van der Waals surface area (Å²) in [5.74, 6) is -0.395. The van der Waals surface area contributed by atoms with Gasteiger partial charge in [-0.05, 0) is 37.6 Å². The maximum absolute atomic E-state index is 12.9. The van der Waals surface area contributed by atoms with E-state index in [4.69, 9.17) is 4.42 Å². The van der Waals surface area contributed by atoms with E-state index in [0.717, 1.165) is 24.0 Å². The summed E-state index contributed by atoms with van der Waals surface area (Å²) in [5, 5.41) is 2.88. The molecule has 2 aromatic heterocycles. The van der Waals surface area contributed by atoms with E-state index in [0.29, 0.717) is 17.0 Å². The van der Waals surface area contributed by atoms with Gasteiger partial charge in [0, 0.05) is 6.54 Å². The van der Waals surface area contributed by atoms with Gasteiger partial charge in [-0.15, -0.1) is 0 Å². The number of nitrogens with zero attached hydrogens (tertiary/aromatic N) is 3. The molecular weight excluding hydrogens is 344 g/mol. The lowest BCUT2D eigenvalue weighted by Gasteiger charge is -2.14. The van der Waals surface area contributed by atoms with Gasteiger partial charge in [0.25, 0.3) is 0 Å². The monoisotopic (exact) mass is 364 g/mol. The Balaban J connectivity index is 1.70. The minimum absolute atomic E-state index is 0.323. The standard InChI is InChI=1S/C20H20N4O3/c1-3-12-23-15-9-5-4-8-14(15)21-19(23)22-18(25)13(2)24-16-10-6-7-11-17(16)27-20(24)26/h4-11,13H,3,12H2,1-2H3,(H,21,22,25). The molecule has 0 aliphatic carbocycles. The summed E-state index contributed by atoms with van der Waals surface area (Å²) in [7, 11) is 0. The molecule has 0 aliphatic heterocycles. The van der Waals surface area contributed by atoms with Crippen molar-refractivity contribution in [2.75, 3.05) is 5.32 Å². The van der Waals surface area contributed by atoms with Gasteiger partial charge in [0.05, 0.1) is 16.6 Å². The molecule has 7 heteroatoms. The molecule has 27 heavy (non-hydrogen) atoms. The number of oxazole rings is 1. The van der Waals surface area contributed by atoms with Gasteiger partial charge in [0.15, 0.2) is 5.58 Å². The average Bonchev–Trinajstić information content (AvgIpc) is 3.18. The largest absolute Gasteiger partial charge is 0.420 e. The van der Waals surface area contributed by atoms with E-state index in [9.17, 15) is 9.59 Å². The maximum Gasteiger partial charge on any atom is 0.420 e. The van der Waals surface area contributed by atoms with Gasteiger partial charge in [-0.3, -0.25) is 14.7 Å². The van der Waals surface area contributed by atoms with Gasteiger partial charge >= 0.3 is 5.76 Å². The van der Waals surface area contributed by atoms with Crippen LogP contribution in [0.3, 0.4) is 0 Å². The van der Waals surface area contributed by atoms with E-state index in [1.54, 1.807) is 31.2 Å². The Labute approximate surface area is 155 Å². The minimum Gasteiger partial charge on any atom is -0.408 e. The number of carbonyl (C=O) groups excluding carboxylic acids is 1. The van der Waals surface area contributed by atoms with Crippen LogP contribution in [-0.2, 0) is 11.3 Å². The fourth-order valence-corrected chi connectivity index (χ4v) is 3.30. The number of fused-ring (bicyclic) bond motifs is 2. The number of nitrogens with one attached hydrogen (secondary N) is 1. The number of hydrogen-bond donors (Lipinski definition) is 1. The molecule has 1 amide bonds. The lowest BCUT2D eigenvalue weighted by atomic mass is 10.2. The fourth-order valence-electron chi connectivity index (χ4n) is 3.30. The van der Waals surface area contributed by atoms with Crippen LogP contribution < -0.4 is 11.1 Å². The van der Waals surface area contributed by atoms with Gasteiger partial charge in [-0.25, -0.2) is 9.78 Å². The Hall–Kier alpha value is -3.35. The third-order valence-electron chi connectivity index (χ3n) is 4.62. The molecule has 1 unspecified atom stereocenters. The van der Waals surface area contributed by atoms with Crippen molar-refractivity contribution in [1.82, 2.24) is 14.1 Å². The molecule has 1 N–H and O–H groups in total. The summed E-state index contributed by atoms with van der Waals surface area (Å²) in [4.78, 5) is 29.7. The number of rotatable bonds is 5. The Bertz CT molecular complexity index is 1180. The number of carbonyl (C=O) groups is 1. The quantitative estimate of drug-likeness (QED) is 0.587. The molecular formula is C20H20N4O3. The first-order valence-electron chi connectivity index (χ1n) is 8.96. The average molecular weight is 364 g/mol. The number of hydrogen-bond acceptors (Lipinski definition) is 4. The number of benzene rings is 2. The maximum atomic E-state index is 12.9. The van der Waals surface area contributed by atoms with Crippen molar-refractivity contribution in [2.24, 2.45) is 0 Å². The summed E-state index contributed by atoms with van der Waals surface area (Å²) < 4.78 is 8.58. The van der Waals surface area contributed by atoms with Crippen LogP contribution >= 0.6 is 0 Å². The third-order valence-corrected chi connectivity index (χ3v) is 4.62. The topological polar surface area (TPSA) is 82.1 Å². The molecule has 0 saturated carbocycles. The van der Waals surface area contributed by atoms with E-state index in [1.165, 1.54) is 4.57 Å². The highest BCUT2D eigenvalue weighted by atomic mass is 16.4. The van der Waals surface area contributed by atoms with E-state index < -0.39 is 11.8 Å². The minimum atomic E-state index is -0.740. The first-order chi connectivity index (χ1) is 13.1. The molecule has 1 atom stereocenters. The van der Waals surface area contributed by atoms with Crippen LogP contribution in [0.25, 0.3) is 22.1 Å². The molecule has 0 bridgehead atoms. The third kappa shape index (κ3) is 2.91. The molecule has 0 spiro atoms. The van der Waals surface area contributed by atoms with Crippen LogP contribution in [0.4, 0.5) is 5.95 Å². The molecule has 7 nitrogen and oxygen atoms in total. The first-order valence-corrected chi connectivity index (χ1v) is 8.96. The van der Waals surface area contributed by atoms with Crippen molar-refractivity contribution in [1.29, 1.82) is 0 Å². The number of aryl methyl sites for hydroxylation is 1. The molecule has 0 saturated heterocycles. The van der Waals surface area contributed by atoms with Crippen molar-refractivity contribution in [3.05, 3.63) is 59.1 Å². The van der Waals surface area contributed by atoms with Crippen LogP contribution in [-0.4, -0.2) is 20.0 Å². The zero-order valence-electron chi connectivity index (χ0n) is 15.2. The Kier molecular flexibility index (Phi) is 4.27. The summed E-state index contributed by atoms with van der Waals surface area (Å²) >= 11 is 0. The van der Waals surface area contributed by atoms with Gasteiger partial charge in [0.2, 0.25) is 11.9 Å². The number of anilines is 1. The van der Waals surface area contributed by atoms with Crippen LogP contribution in [0.5, 0.6) is 0 Å². The zero-order chi connectivity index (χ0) is 19.0. The highest BCUT2D eigenvalue weighted by Crippen LogP contribution is 2.22. The highest BCUT2D eigenvalue weighted by molar-refractivity contribution is 5.94. The van der Waals surface area contributed by atoms with Crippen LogP contribution in [0, 0.1) is 0 Å². The van der Waals surface area contributed by atoms with Crippen LogP contribution in [0.1, 0.15) is 26.3 Å². The Morgan fingerprint density at radius 1 is 1.15 bits per heavy atom. The number of para-hydroxylation sites is 4. The van der Waals surface area contributed by atoms with Crippen molar-refractivity contribution < 1.29 is 9.21 Å². The number of amides is 1. The highest BCUT2D eigenvalue weighted by Gasteiger charge is 2.23. The van der Waals surface area contributed by atoms with E-state index in [1.807, 2.05) is 28.8 Å². The molecule has 2 aromatic carbocycles. The van der Waals surface area contributed by atoms with E-state index >= 15 is 0 Å². The lowest BCUT2D eigenvalue weighted by Crippen LogP contribution is -2.30. The fraction of sp³-hybridized carbons (Fsp3) is 0.250. The van der Waals surface area contributed by atoms with Crippen LogP contribution in [0.2, 0.25) is 0 Å². The molecule has 2 heterocycles. The molecule has 0 fully saturated rings. The Morgan fingerprint density at radius 2 is 1.85 bits per heavy atom. The summed E-state index contributed by atoms with van der Waals surface area (Å²) in [6.45, 7) is 4.48. The summed E-state index contributed by atoms with van der Waals surface area (Å²) in [6, 6.07) is 14.1. The molecule has 138 valence electrons. The molecule has 0 radical (unpaired) electrons. The van der Waals surface area contributed by atoms with E-state index in [2.05, 4.69) is 17.2 Å². The second-order valence-electron chi connectivity index (χ2n) is 6.45. The van der Waals surface area contributed by atoms with Gasteiger partial charge in [-0.2, -0.15) is 0 Å². The van der Waals surface area contributed by atoms with E-state index in [-0.39, 0.29) is 5.91 Å². The van der Waals surface area contributed by atoms with Gasteiger partial charge in [-0.1, -0.05) is 31.2 Å². The molecule has 0 aliphatic rings. The SMILES string of the molecule is CCCn1c(NC(=O)C(C)n2c(=O)oc3ccccc32)nc2ccccc21. The van der Waals surface area contributed by atoms with Crippen molar-refractivity contribution >= 4 is 34.0 Å². The Morgan fingerprint density at radius 3 is 2.63 bits per heavy atom. The summed E-state index contributed by atoms with van der Waals surface area (Å²) in [5.41, 5.74) is 2.83. The van der Waals surface area contributed by atoms with Gasteiger partial charge < -0.3 is 8.98 Å². The van der Waals surface area contributed by atoms with Gasteiger partial charge in [0.1, 0.15) is 6.04 Å². The van der Waals surface area contributed by atoms with Crippen molar-refractivity contribution in [3.8, 4) is 0 Å². The zero-order valence-corrected chi connectivity index (χ0v) is 15.2. The van der Waals surface area contributed by atoms with Crippen molar-refractivity contribution in [2.45, 2.75) is 32.9 Å². The predicted molar refractivity (Wildman–Crippen MR) is 104 cm³/mol. The first kappa shape index (κ1) is 17.1. The van der Waals surface area contributed by atoms with Crippen molar-refractivity contribution in [3.63, 3.8) is 0 Å². The number of imidazole rings is 1. The molecule has 4 aromatic rings. The number of aromatic nitrogens is 3. The second-order valence-corrected chi connectivity index (χ2v) is 6.45. The smallest absolute Gasteiger partial charge is 0.408 e.